The summed E-state index contributed by atoms with van der Waals surface area (Å²) in [6, 6.07) is 0. The van der Waals surface area contributed by atoms with Crippen LogP contribution in [0.15, 0.2) is 0 Å². The van der Waals surface area contributed by atoms with Crippen LogP contribution in [0.25, 0.3) is 0 Å². The Morgan fingerprint density at radius 3 is 2.71 bits per heavy atom. The highest BCUT2D eigenvalue weighted by Crippen LogP contribution is 2.05. The minimum atomic E-state index is 0.458. The summed E-state index contributed by atoms with van der Waals surface area (Å²) in [7, 11) is 0. The Kier molecular flexibility index (Phi) is 6.15. The van der Waals surface area contributed by atoms with Gasteiger partial charge in [-0.15, -0.1) is 0 Å². The Hall–Kier alpha value is -0.120. The molecule has 3 heteroatoms. The summed E-state index contributed by atoms with van der Waals surface area (Å²) in [5, 5.41) is 3.36. The van der Waals surface area contributed by atoms with E-state index in [-0.39, 0.29) is 0 Å². The second-order valence-corrected chi connectivity index (χ2v) is 3.87. The molecule has 0 radical (unpaired) electrons. The van der Waals surface area contributed by atoms with Crippen LogP contribution in [0.1, 0.15) is 26.7 Å². The predicted octanol–water partition coefficient (Wildman–Crippen LogP) is 1.10. The minimum Gasteiger partial charge on any atom is -0.376 e. The van der Waals surface area contributed by atoms with Gasteiger partial charge >= 0.3 is 0 Å². The molecule has 1 aliphatic heterocycles. The van der Waals surface area contributed by atoms with Gasteiger partial charge in [-0.1, -0.05) is 13.8 Å². The highest BCUT2D eigenvalue weighted by atomic mass is 16.5. The van der Waals surface area contributed by atoms with Gasteiger partial charge in [0.25, 0.3) is 0 Å². The molecule has 3 nitrogen and oxygen atoms in total. The fourth-order valence-corrected chi connectivity index (χ4v) is 1.89. The van der Waals surface area contributed by atoms with Crippen LogP contribution < -0.4 is 5.32 Å². The number of hydrogen-bond donors (Lipinski definition) is 1. The van der Waals surface area contributed by atoms with Gasteiger partial charge in [0.2, 0.25) is 0 Å². The third kappa shape index (κ3) is 4.40. The minimum absolute atomic E-state index is 0.458. The first-order valence-electron chi connectivity index (χ1n) is 5.91. The quantitative estimate of drug-likeness (QED) is 0.695. The summed E-state index contributed by atoms with van der Waals surface area (Å²) >= 11 is 0. The van der Waals surface area contributed by atoms with Gasteiger partial charge < -0.3 is 15.0 Å². The van der Waals surface area contributed by atoms with Crippen LogP contribution in [-0.4, -0.2) is 50.3 Å². The first kappa shape index (κ1) is 12.0. The van der Waals surface area contributed by atoms with E-state index in [0.717, 1.165) is 19.7 Å². The molecule has 0 aromatic heterocycles. The van der Waals surface area contributed by atoms with Crippen molar-refractivity contribution in [2.24, 2.45) is 0 Å². The van der Waals surface area contributed by atoms with Gasteiger partial charge in [-0.2, -0.15) is 0 Å². The van der Waals surface area contributed by atoms with Gasteiger partial charge in [0, 0.05) is 13.1 Å². The molecule has 0 saturated carbocycles. The zero-order valence-electron chi connectivity index (χ0n) is 9.59. The maximum Gasteiger partial charge on any atom is 0.0700 e. The van der Waals surface area contributed by atoms with E-state index >= 15 is 0 Å². The average molecular weight is 200 g/mol. The largest absolute Gasteiger partial charge is 0.376 e. The molecule has 0 spiro atoms. The second-order valence-electron chi connectivity index (χ2n) is 3.87. The van der Waals surface area contributed by atoms with Crippen molar-refractivity contribution >= 4 is 0 Å². The molecule has 1 unspecified atom stereocenters. The van der Waals surface area contributed by atoms with E-state index in [1.54, 1.807) is 0 Å². The normalized spacial score (nSPS) is 22.9. The summed E-state index contributed by atoms with van der Waals surface area (Å²) < 4.78 is 5.65. The first-order chi connectivity index (χ1) is 6.86. The fourth-order valence-electron chi connectivity index (χ4n) is 1.89. The maximum atomic E-state index is 5.65. The summed E-state index contributed by atoms with van der Waals surface area (Å²) in [4.78, 5) is 2.47. The van der Waals surface area contributed by atoms with E-state index < -0.39 is 0 Å². The molecule has 1 saturated heterocycles. The predicted molar refractivity (Wildman–Crippen MR) is 59.6 cm³/mol. The molecule has 1 heterocycles. The summed E-state index contributed by atoms with van der Waals surface area (Å²) in [6.07, 6.45) is 2.91. The van der Waals surface area contributed by atoms with Crippen molar-refractivity contribution in [2.45, 2.75) is 32.8 Å². The molecule has 1 atom stereocenters. The Morgan fingerprint density at radius 1 is 1.36 bits per heavy atom. The fraction of sp³-hybridized carbons (Fsp3) is 1.00. The van der Waals surface area contributed by atoms with Crippen LogP contribution >= 0.6 is 0 Å². The third-order valence-corrected chi connectivity index (χ3v) is 2.90. The van der Waals surface area contributed by atoms with Gasteiger partial charge in [-0.3, -0.25) is 0 Å². The molecule has 1 fully saturated rings. The van der Waals surface area contributed by atoms with Crippen LogP contribution in [-0.2, 0) is 4.74 Å². The van der Waals surface area contributed by atoms with Crippen LogP contribution in [0.5, 0.6) is 0 Å². The monoisotopic (exact) mass is 200 g/mol. The van der Waals surface area contributed by atoms with Crippen molar-refractivity contribution in [1.29, 1.82) is 0 Å². The molecule has 0 aromatic carbocycles. The molecule has 0 aliphatic carbocycles. The molecule has 1 N–H and O–H groups in total. The molecule has 14 heavy (non-hydrogen) atoms. The number of ether oxygens (including phenoxy) is 1. The molecule has 0 bridgehead atoms. The molecular weight excluding hydrogens is 176 g/mol. The van der Waals surface area contributed by atoms with E-state index in [4.69, 9.17) is 4.74 Å². The highest BCUT2D eigenvalue weighted by Gasteiger charge is 2.12. The SMILES string of the molecule is CCN(CC)CCCC1CNCCO1. The van der Waals surface area contributed by atoms with E-state index in [9.17, 15) is 0 Å². The zero-order valence-corrected chi connectivity index (χ0v) is 9.59. The summed E-state index contributed by atoms with van der Waals surface area (Å²) in [5.74, 6) is 0. The van der Waals surface area contributed by atoms with Gasteiger partial charge in [0.05, 0.1) is 12.7 Å². The highest BCUT2D eigenvalue weighted by molar-refractivity contribution is 4.67. The Balaban J connectivity index is 2.01. The van der Waals surface area contributed by atoms with Crippen molar-refractivity contribution in [1.82, 2.24) is 10.2 Å². The van der Waals surface area contributed by atoms with Crippen molar-refractivity contribution in [2.75, 3.05) is 39.3 Å². The lowest BCUT2D eigenvalue weighted by atomic mass is 10.1. The molecule has 0 amide bonds. The lowest BCUT2D eigenvalue weighted by Gasteiger charge is -2.25. The van der Waals surface area contributed by atoms with E-state index in [1.807, 2.05) is 0 Å². The molecular formula is C11H24N2O. The molecule has 1 aliphatic rings. The standard InChI is InChI=1S/C11H24N2O/c1-3-13(4-2)8-5-6-11-10-12-7-9-14-11/h11-12H,3-10H2,1-2H3. The van der Waals surface area contributed by atoms with Crippen LogP contribution in [0, 0.1) is 0 Å². The lowest BCUT2D eigenvalue weighted by molar-refractivity contribution is 0.0210. The maximum absolute atomic E-state index is 5.65. The lowest BCUT2D eigenvalue weighted by Crippen LogP contribution is -2.38. The van der Waals surface area contributed by atoms with Gasteiger partial charge in [-0.25, -0.2) is 0 Å². The van der Waals surface area contributed by atoms with Crippen LogP contribution in [0.3, 0.4) is 0 Å². The van der Waals surface area contributed by atoms with Gasteiger partial charge in [0.1, 0.15) is 0 Å². The smallest absolute Gasteiger partial charge is 0.0700 e. The van der Waals surface area contributed by atoms with E-state index in [0.29, 0.717) is 6.10 Å². The number of hydrogen-bond acceptors (Lipinski definition) is 3. The Labute approximate surface area is 87.8 Å². The number of rotatable bonds is 6. The van der Waals surface area contributed by atoms with E-state index in [2.05, 4.69) is 24.1 Å². The molecule has 0 aromatic rings. The topological polar surface area (TPSA) is 24.5 Å². The average Bonchev–Trinajstić information content (AvgIpc) is 2.26. The summed E-state index contributed by atoms with van der Waals surface area (Å²) in [6.45, 7) is 10.9. The number of nitrogens with zero attached hydrogens (tertiary/aromatic N) is 1. The molecule has 84 valence electrons. The van der Waals surface area contributed by atoms with E-state index in [1.165, 1.54) is 32.5 Å². The summed E-state index contributed by atoms with van der Waals surface area (Å²) in [5.41, 5.74) is 0. The van der Waals surface area contributed by atoms with Crippen molar-refractivity contribution in [3.8, 4) is 0 Å². The second kappa shape index (κ2) is 7.21. The van der Waals surface area contributed by atoms with Gasteiger partial charge in [0.15, 0.2) is 0 Å². The van der Waals surface area contributed by atoms with Crippen LogP contribution in [0.2, 0.25) is 0 Å². The Morgan fingerprint density at radius 2 is 2.14 bits per heavy atom. The zero-order chi connectivity index (χ0) is 10.2. The number of morpholine rings is 1. The first-order valence-corrected chi connectivity index (χ1v) is 5.91. The van der Waals surface area contributed by atoms with Crippen LogP contribution in [0.4, 0.5) is 0 Å². The number of nitrogens with one attached hydrogen (secondary N) is 1. The molecule has 1 rings (SSSR count). The Bertz CT molecular complexity index is 131. The van der Waals surface area contributed by atoms with Gasteiger partial charge in [-0.05, 0) is 32.5 Å². The van der Waals surface area contributed by atoms with Crippen molar-refractivity contribution < 1.29 is 4.74 Å². The van der Waals surface area contributed by atoms with Crippen molar-refractivity contribution in [3.63, 3.8) is 0 Å². The third-order valence-electron chi connectivity index (χ3n) is 2.90. The van der Waals surface area contributed by atoms with Crippen molar-refractivity contribution in [3.05, 3.63) is 0 Å².